The second kappa shape index (κ2) is 5.33. The molecule has 1 atom stereocenters. The Balaban J connectivity index is 2.31. The first-order valence-corrected chi connectivity index (χ1v) is 5.89. The molecule has 2 aromatic carbocycles. The van der Waals surface area contributed by atoms with E-state index in [9.17, 15) is 0 Å². The van der Waals surface area contributed by atoms with Gasteiger partial charge in [-0.2, -0.15) is 5.26 Å². The van der Waals surface area contributed by atoms with Crippen molar-refractivity contribution in [1.29, 1.82) is 5.26 Å². The summed E-state index contributed by atoms with van der Waals surface area (Å²) in [4.78, 5) is 4.43. The predicted octanol–water partition coefficient (Wildman–Crippen LogP) is 3.39. The Morgan fingerprint density at radius 2 is 1.94 bits per heavy atom. The van der Waals surface area contributed by atoms with Crippen LogP contribution in [0.5, 0.6) is 0 Å². The zero-order chi connectivity index (χ0) is 13.0. The zero-order valence-corrected chi connectivity index (χ0v) is 10.5. The molecule has 2 aromatic rings. The first-order chi connectivity index (χ1) is 8.70. The van der Waals surface area contributed by atoms with Gasteiger partial charge in [-0.25, -0.2) is 0 Å². The van der Waals surface area contributed by atoms with Gasteiger partial charge in [0.25, 0.3) is 0 Å². The van der Waals surface area contributed by atoms with Crippen LogP contribution in [0.25, 0.3) is 10.8 Å². The van der Waals surface area contributed by atoms with Crippen molar-refractivity contribution in [1.82, 2.24) is 5.32 Å². The summed E-state index contributed by atoms with van der Waals surface area (Å²) >= 11 is 0. The maximum absolute atomic E-state index is 8.52. The molecule has 0 amide bonds. The normalized spacial score (nSPS) is 13.1. The molecule has 3 heteroatoms. The van der Waals surface area contributed by atoms with Crippen LogP contribution in [0.15, 0.2) is 47.5 Å². The summed E-state index contributed by atoms with van der Waals surface area (Å²) in [5, 5.41) is 13.5. The molecule has 90 valence electrons. The fourth-order valence-corrected chi connectivity index (χ4v) is 1.95. The number of nitriles is 1. The molecular formula is C15H15N3. The fourth-order valence-electron chi connectivity index (χ4n) is 1.95. The molecule has 0 heterocycles. The number of hydrogen-bond donors (Lipinski definition) is 1. The molecule has 18 heavy (non-hydrogen) atoms. The standard InChI is InChI=1S/C15H15N3/c1-11(18-12(2)17-10-16)14-8-7-13-5-3-4-6-15(13)9-14/h3-9,11H,1-2H3,(H,17,18)/t11-/m0/s1. The average molecular weight is 237 g/mol. The van der Waals surface area contributed by atoms with E-state index in [0.29, 0.717) is 5.84 Å². The Bertz CT molecular complexity index is 623. The molecule has 1 N–H and O–H groups in total. The van der Waals surface area contributed by atoms with Gasteiger partial charge in [0, 0.05) is 0 Å². The monoisotopic (exact) mass is 237 g/mol. The van der Waals surface area contributed by atoms with E-state index in [2.05, 4.69) is 40.6 Å². The van der Waals surface area contributed by atoms with E-state index in [-0.39, 0.29) is 6.04 Å². The summed E-state index contributed by atoms with van der Waals surface area (Å²) in [6, 6.07) is 14.6. The summed E-state index contributed by atoms with van der Waals surface area (Å²) in [7, 11) is 0. The SMILES string of the molecule is CC(=N[C@@H](C)c1ccc2ccccc2c1)NC#N. The van der Waals surface area contributed by atoms with Gasteiger partial charge in [-0.05, 0) is 36.2 Å². The number of benzene rings is 2. The van der Waals surface area contributed by atoms with E-state index in [4.69, 9.17) is 5.26 Å². The number of fused-ring (bicyclic) bond motifs is 1. The molecule has 0 aliphatic rings. The van der Waals surface area contributed by atoms with E-state index in [1.807, 2.05) is 25.2 Å². The highest BCUT2D eigenvalue weighted by Gasteiger charge is 2.04. The van der Waals surface area contributed by atoms with Crippen molar-refractivity contribution < 1.29 is 0 Å². The van der Waals surface area contributed by atoms with Gasteiger partial charge in [-0.15, -0.1) is 0 Å². The highest BCUT2D eigenvalue weighted by molar-refractivity contribution is 5.83. The molecule has 0 saturated carbocycles. The Morgan fingerprint density at radius 1 is 1.22 bits per heavy atom. The largest absolute Gasteiger partial charge is 0.281 e. The first kappa shape index (κ1) is 12.1. The van der Waals surface area contributed by atoms with Crippen LogP contribution in [-0.2, 0) is 0 Å². The van der Waals surface area contributed by atoms with Crippen molar-refractivity contribution in [3.8, 4) is 6.19 Å². The molecule has 0 aliphatic carbocycles. The van der Waals surface area contributed by atoms with Crippen molar-refractivity contribution in [3.63, 3.8) is 0 Å². The van der Waals surface area contributed by atoms with Gasteiger partial charge in [-0.1, -0.05) is 36.4 Å². The number of hydrogen-bond acceptors (Lipinski definition) is 2. The second-order valence-electron chi connectivity index (χ2n) is 4.23. The van der Waals surface area contributed by atoms with Crippen LogP contribution in [-0.4, -0.2) is 5.84 Å². The second-order valence-corrected chi connectivity index (χ2v) is 4.23. The third kappa shape index (κ3) is 2.67. The van der Waals surface area contributed by atoms with Gasteiger partial charge in [0.2, 0.25) is 0 Å². The summed E-state index contributed by atoms with van der Waals surface area (Å²) in [5.41, 5.74) is 1.15. The average Bonchev–Trinajstić information content (AvgIpc) is 2.38. The molecule has 3 nitrogen and oxygen atoms in total. The van der Waals surface area contributed by atoms with Crippen LogP contribution in [0, 0.1) is 11.5 Å². The van der Waals surface area contributed by atoms with Crippen molar-refractivity contribution in [2.45, 2.75) is 19.9 Å². The van der Waals surface area contributed by atoms with Gasteiger partial charge in [0.15, 0.2) is 6.19 Å². The molecule has 0 saturated heterocycles. The van der Waals surface area contributed by atoms with Crippen LogP contribution < -0.4 is 5.32 Å². The van der Waals surface area contributed by atoms with Crippen molar-refractivity contribution in [2.24, 2.45) is 4.99 Å². The predicted molar refractivity (Wildman–Crippen MR) is 74.2 cm³/mol. The van der Waals surface area contributed by atoms with E-state index in [1.165, 1.54) is 10.8 Å². The Hall–Kier alpha value is -2.34. The third-order valence-electron chi connectivity index (χ3n) is 2.88. The van der Waals surface area contributed by atoms with E-state index in [0.717, 1.165) is 5.56 Å². The van der Waals surface area contributed by atoms with E-state index < -0.39 is 0 Å². The maximum atomic E-state index is 8.52. The van der Waals surface area contributed by atoms with Gasteiger partial charge in [-0.3, -0.25) is 10.3 Å². The molecule has 0 bridgehead atoms. The Morgan fingerprint density at radius 3 is 2.67 bits per heavy atom. The summed E-state index contributed by atoms with van der Waals surface area (Å²) in [5.74, 6) is 0.637. The molecule has 0 unspecified atom stereocenters. The summed E-state index contributed by atoms with van der Waals surface area (Å²) < 4.78 is 0. The Kier molecular flexibility index (Phi) is 3.59. The number of nitrogens with zero attached hydrogens (tertiary/aromatic N) is 2. The molecule has 0 aromatic heterocycles. The van der Waals surface area contributed by atoms with Crippen LogP contribution in [0.3, 0.4) is 0 Å². The van der Waals surface area contributed by atoms with Gasteiger partial charge < -0.3 is 0 Å². The molecule has 0 radical (unpaired) electrons. The van der Waals surface area contributed by atoms with Crippen molar-refractivity contribution >= 4 is 16.6 Å². The lowest BCUT2D eigenvalue weighted by molar-refractivity contribution is 0.814. The molecule has 0 aliphatic heterocycles. The highest BCUT2D eigenvalue weighted by Crippen LogP contribution is 2.22. The first-order valence-electron chi connectivity index (χ1n) is 5.89. The highest BCUT2D eigenvalue weighted by atomic mass is 15.0. The number of rotatable bonds is 2. The van der Waals surface area contributed by atoms with Gasteiger partial charge in [0.05, 0.1) is 6.04 Å². The van der Waals surface area contributed by atoms with Gasteiger partial charge in [0.1, 0.15) is 5.84 Å². The molecule has 0 spiro atoms. The summed E-state index contributed by atoms with van der Waals surface area (Å²) in [6.07, 6.45) is 1.87. The molecule has 0 fully saturated rings. The number of amidine groups is 1. The van der Waals surface area contributed by atoms with Crippen LogP contribution >= 0.6 is 0 Å². The van der Waals surface area contributed by atoms with E-state index in [1.54, 1.807) is 6.92 Å². The van der Waals surface area contributed by atoms with Crippen LogP contribution in [0.4, 0.5) is 0 Å². The summed E-state index contributed by atoms with van der Waals surface area (Å²) in [6.45, 7) is 3.81. The van der Waals surface area contributed by atoms with Crippen LogP contribution in [0.1, 0.15) is 25.5 Å². The Labute approximate surface area is 107 Å². The van der Waals surface area contributed by atoms with Crippen LogP contribution in [0.2, 0.25) is 0 Å². The van der Waals surface area contributed by atoms with Gasteiger partial charge >= 0.3 is 0 Å². The topological polar surface area (TPSA) is 48.2 Å². The minimum Gasteiger partial charge on any atom is -0.281 e. The van der Waals surface area contributed by atoms with Crippen molar-refractivity contribution in [2.75, 3.05) is 0 Å². The lowest BCUT2D eigenvalue weighted by Gasteiger charge is -2.09. The van der Waals surface area contributed by atoms with Crippen molar-refractivity contribution in [3.05, 3.63) is 48.0 Å². The minimum absolute atomic E-state index is 0.0375. The number of nitrogens with one attached hydrogen (secondary N) is 1. The number of aliphatic imine (C=N–C) groups is 1. The smallest absolute Gasteiger partial charge is 0.182 e. The third-order valence-corrected chi connectivity index (χ3v) is 2.88. The minimum atomic E-state index is 0.0375. The zero-order valence-electron chi connectivity index (χ0n) is 10.5. The molecular weight excluding hydrogens is 222 g/mol. The fraction of sp³-hybridized carbons (Fsp3) is 0.200. The van der Waals surface area contributed by atoms with E-state index >= 15 is 0 Å². The lowest BCUT2D eigenvalue weighted by Crippen LogP contribution is -2.14. The molecule has 2 rings (SSSR count). The quantitative estimate of drug-likeness (QED) is 0.376. The maximum Gasteiger partial charge on any atom is 0.182 e. The lowest BCUT2D eigenvalue weighted by atomic mass is 10.0.